The molecule has 1 aromatic rings. The number of fused-ring (bicyclic) bond motifs is 1. The lowest BCUT2D eigenvalue weighted by atomic mass is 9.78. The fourth-order valence-corrected chi connectivity index (χ4v) is 3.90. The lowest BCUT2D eigenvalue weighted by molar-refractivity contribution is -0.384. The molecule has 0 aromatic heterocycles. The standard InChI is InChI=1S/C15H18ClN3O3.ClH/c16-11-4-10(5-12(6-11)19(21)22)15(20)18-7-9-2-1-3-14(17)13(9)8-18;/h4-6,9,13-14H,1-3,7-8,17H2;1H. The second kappa shape index (κ2) is 7.03. The number of nitro benzene ring substituents is 1. The highest BCUT2D eigenvalue weighted by atomic mass is 35.5. The van der Waals surface area contributed by atoms with Gasteiger partial charge in [0, 0.05) is 41.9 Å². The predicted octanol–water partition coefficient (Wildman–Crippen LogP) is 2.87. The molecular weight excluding hydrogens is 341 g/mol. The predicted molar refractivity (Wildman–Crippen MR) is 90.1 cm³/mol. The van der Waals surface area contributed by atoms with Crippen LogP contribution in [0.25, 0.3) is 0 Å². The Morgan fingerprint density at radius 1 is 1.30 bits per heavy atom. The lowest BCUT2D eigenvalue weighted by Gasteiger charge is -2.29. The minimum absolute atomic E-state index is 0. The zero-order chi connectivity index (χ0) is 15.9. The average molecular weight is 360 g/mol. The van der Waals surface area contributed by atoms with E-state index in [2.05, 4.69) is 0 Å². The molecule has 0 bridgehead atoms. The van der Waals surface area contributed by atoms with Crippen LogP contribution in [0.1, 0.15) is 29.6 Å². The van der Waals surface area contributed by atoms with Crippen molar-refractivity contribution in [2.24, 2.45) is 17.6 Å². The molecule has 3 unspecified atom stereocenters. The Morgan fingerprint density at radius 3 is 2.70 bits per heavy atom. The number of hydrogen-bond donors (Lipinski definition) is 1. The summed E-state index contributed by atoms with van der Waals surface area (Å²) < 4.78 is 0. The topological polar surface area (TPSA) is 89.5 Å². The van der Waals surface area contributed by atoms with Crippen LogP contribution in [0.15, 0.2) is 18.2 Å². The van der Waals surface area contributed by atoms with Crippen LogP contribution in [0.4, 0.5) is 5.69 Å². The van der Waals surface area contributed by atoms with Gasteiger partial charge in [0.1, 0.15) is 0 Å². The Kier molecular flexibility index (Phi) is 5.49. The Balaban J connectivity index is 0.00000192. The number of halogens is 2. The third-order valence-corrected chi connectivity index (χ3v) is 5.00. The molecule has 1 aliphatic heterocycles. The normalized spacial score (nSPS) is 26.3. The van der Waals surface area contributed by atoms with Crippen LogP contribution in [-0.2, 0) is 0 Å². The van der Waals surface area contributed by atoms with Gasteiger partial charge in [0.05, 0.1) is 4.92 Å². The highest BCUT2D eigenvalue weighted by Gasteiger charge is 2.40. The second-order valence-electron chi connectivity index (χ2n) is 6.18. The van der Waals surface area contributed by atoms with Gasteiger partial charge in [-0.1, -0.05) is 18.0 Å². The molecule has 2 aliphatic rings. The summed E-state index contributed by atoms with van der Waals surface area (Å²) in [5.41, 5.74) is 6.27. The number of likely N-dealkylation sites (tertiary alicyclic amines) is 1. The molecule has 1 saturated carbocycles. The molecule has 1 saturated heterocycles. The molecule has 0 radical (unpaired) electrons. The number of benzene rings is 1. The number of nitrogens with zero attached hydrogens (tertiary/aromatic N) is 2. The van der Waals surface area contributed by atoms with Crippen LogP contribution in [0.2, 0.25) is 5.02 Å². The van der Waals surface area contributed by atoms with Crippen molar-refractivity contribution in [3.8, 4) is 0 Å². The van der Waals surface area contributed by atoms with E-state index >= 15 is 0 Å². The van der Waals surface area contributed by atoms with Gasteiger partial charge in [0.15, 0.2) is 0 Å². The molecule has 3 rings (SSSR count). The van der Waals surface area contributed by atoms with Crippen molar-refractivity contribution in [1.82, 2.24) is 4.90 Å². The number of amides is 1. The molecule has 1 aromatic carbocycles. The molecule has 8 heteroatoms. The van der Waals surface area contributed by atoms with E-state index in [-0.39, 0.29) is 40.6 Å². The van der Waals surface area contributed by atoms with E-state index in [1.54, 1.807) is 4.90 Å². The lowest BCUT2D eigenvalue weighted by Crippen LogP contribution is -2.38. The first-order chi connectivity index (χ1) is 10.5. The van der Waals surface area contributed by atoms with Crippen molar-refractivity contribution in [2.45, 2.75) is 25.3 Å². The summed E-state index contributed by atoms with van der Waals surface area (Å²) in [6, 6.07) is 4.16. The monoisotopic (exact) mass is 359 g/mol. The molecule has 23 heavy (non-hydrogen) atoms. The third kappa shape index (κ3) is 3.59. The fraction of sp³-hybridized carbons (Fsp3) is 0.533. The van der Waals surface area contributed by atoms with Gasteiger partial charge in [-0.3, -0.25) is 14.9 Å². The number of carbonyl (C=O) groups is 1. The van der Waals surface area contributed by atoms with Crippen molar-refractivity contribution in [3.63, 3.8) is 0 Å². The Morgan fingerprint density at radius 2 is 2.04 bits per heavy atom. The highest BCUT2D eigenvalue weighted by molar-refractivity contribution is 6.31. The van der Waals surface area contributed by atoms with E-state index in [4.69, 9.17) is 17.3 Å². The van der Waals surface area contributed by atoms with Crippen molar-refractivity contribution in [3.05, 3.63) is 38.9 Å². The maximum Gasteiger partial charge on any atom is 0.271 e. The van der Waals surface area contributed by atoms with E-state index in [1.165, 1.54) is 18.2 Å². The maximum atomic E-state index is 12.6. The van der Waals surface area contributed by atoms with E-state index < -0.39 is 4.92 Å². The number of carbonyl (C=O) groups excluding carboxylic acids is 1. The van der Waals surface area contributed by atoms with Crippen LogP contribution in [-0.4, -0.2) is 34.9 Å². The van der Waals surface area contributed by atoms with Gasteiger partial charge < -0.3 is 10.6 Å². The fourth-order valence-electron chi connectivity index (χ4n) is 3.67. The van der Waals surface area contributed by atoms with E-state index in [1.807, 2.05) is 0 Å². The molecule has 0 spiro atoms. The summed E-state index contributed by atoms with van der Waals surface area (Å²) in [6.07, 6.45) is 3.21. The third-order valence-electron chi connectivity index (χ3n) is 4.78. The summed E-state index contributed by atoms with van der Waals surface area (Å²) in [5, 5.41) is 11.1. The molecule has 1 aliphatic carbocycles. The van der Waals surface area contributed by atoms with Crippen molar-refractivity contribution >= 4 is 35.6 Å². The molecule has 1 heterocycles. The zero-order valence-electron chi connectivity index (χ0n) is 12.5. The molecule has 1 amide bonds. The van der Waals surface area contributed by atoms with Gasteiger partial charge in [-0.05, 0) is 30.7 Å². The summed E-state index contributed by atoms with van der Waals surface area (Å²) in [4.78, 5) is 24.8. The molecule has 2 N–H and O–H groups in total. The Labute approximate surface area is 145 Å². The zero-order valence-corrected chi connectivity index (χ0v) is 14.1. The number of nitrogens with two attached hydrogens (primary N) is 1. The molecular formula is C15H19Cl2N3O3. The molecule has 126 valence electrons. The first-order valence-electron chi connectivity index (χ1n) is 7.45. The van der Waals surface area contributed by atoms with Gasteiger partial charge in [-0.25, -0.2) is 0 Å². The number of rotatable bonds is 2. The largest absolute Gasteiger partial charge is 0.338 e. The van der Waals surface area contributed by atoms with E-state index in [0.29, 0.717) is 24.9 Å². The summed E-state index contributed by atoms with van der Waals surface area (Å²) in [6.45, 7) is 1.31. The summed E-state index contributed by atoms with van der Waals surface area (Å²) in [5.74, 6) is 0.584. The van der Waals surface area contributed by atoms with Crippen LogP contribution >= 0.6 is 24.0 Å². The first-order valence-corrected chi connectivity index (χ1v) is 7.83. The van der Waals surface area contributed by atoms with Gasteiger partial charge >= 0.3 is 0 Å². The van der Waals surface area contributed by atoms with Crippen LogP contribution in [0.3, 0.4) is 0 Å². The Bertz CT molecular complexity index is 626. The van der Waals surface area contributed by atoms with E-state index in [0.717, 1.165) is 19.3 Å². The van der Waals surface area contributed by atoms with Gasteiger partial charge in [0.2, 0.25) is 0 Å². The van der Waals surface area contributed by atoms with Crippen LogP contribution in [0, 0.1) is 22.0 Å². The van der Waals surface area contributed by atoms with Crippen molar-refractivity contribution in [1.29, 1.82) is 0 Å². The minimum atomic E-state index is -0.539. The smallest absolute Gasteiger partial charge is 0.271 e. The van der Waals surface area contributed by atoms with Crippen LogP contribution in [0.5, 0.6) is 0 Å². The SMILES string of the molecule is Cl.NC1CCCC2CN(C(=O)c3cc(Cl)cc([N+](=O)[O-])c3)CC12. The van der Waals surface area contributed by atoms with Crippen LogP contribution < -0.4 is 5.73 Å². The quantitative estimate of drug-likeness (QED) is 0.649. The maximum absolute atomic E-state index is 12.6. The van der Waals surface area contributed by atoms with Crippen molar-refractivity contribution in [2.75, 3.05) is 13.1 Å². The van der Waals surface area contributed by atoms with Gasteiger partial charge in [-0.15, -0.1) is 12.4 Å². The summed E-state index contributed by atoms with van der Waals surface area (Å²) in [7, 11) is 0. The average Bonchev–Trinajstić information content (AvgIpc) is 2.91. The van der Waals surface area contributed by atoms with Crippen molar-refractivity contribution < 1.29 is 9.72 Å². The minimum Gasteiger partial charge on any atom is -0.338 e. The number of nitro groups is 1. The van der Waals surface area contributed by atoms with E-state index in [9.17, 15) is 14.9 Å². The molecule has 3 atom stereocenters. The molecule has 6 nitrogen and oxygen atoms in total. The molecule has 2 fully saturated rings. The summed E-state index contributed by atoms with van der Waals surface area (Å²) >= 11 is 5.89. The number of hydrogen-bond acceptors (Lipinski definition) is 4. The van der Waals surface area contributed by atoms with Gasteiger partial charge in [-0.2, -0.15) is 0 Å². The first kappa shape index (κ1) is 18.0. The Hall–Kier alpha value is -1.37. The number of non-ortho nitro benzene ring substituents is 1. The second-order valence-corrected chi connectivity index (χ2v) is 6.62. The highest BCUT2D eigenvalue weighted by Crippen LogP contribution is 2.36. The van der Waals surface area contributed by atoms with Gasteiger partial charge in [0.25, 0.3) is 11.6 Å².